The number of aromatic nitrogens is 1. The summed E-state index contributed by atoms with van der Waals surface area (Å²) >= 11 is 0. The molecule has 1 aromatic heterocycles. The minimum absolute atomic E-state index is 0.306. The van der Waals surface area contributed by atoms with E-state index in [1.807, 2.05) is 12.4 Å². The molecular weight excluding hydrogens is 246 g/mol. The van der Waals surface area contributed by atoms with Crippen LogP contribution in [-0.2, 0) is 6.54 Å². The van der Waals surface area contributed by atoms with Crippen LogP contribution in [0, 0.1) is 11.3 Å². The molecule has 1 aromatic rings. The molecule has 0 aromatic carbocycles. The summed E-state index contributed by atoms with van der Waals surface area (Å²) in [6.45, 7) is 8.02. The first-order chi connectivity index (χ1) is 9.38. The van der Waals surface area contributed by atoms with E-state index in [-0.39, 0.29) is 0 Å². The predicted octanol–water partition coefficient (Wildman–Crippen LogP) is 3.06. The second kappa shape index (κ2) is 6.23. The largest absolute Gasteiger partial charge is 0.326 e. The lowest BCUT2D eigenvalue weighted by Gasteiger charge is -2.44. The van der Waals surface area contributed by atoms with Crippen molar-refractivity contribution in [3.63, 3.8) is 0 Å². The molecule has 2 rings (SSSR count). The first-order valence-corrected chi connectivity index (χ1v) is 7.72. The highest BCUT2D eigenvalue weighted by Crippen LogP contribution is 2.38. The molecule has 1 aliphatic carbocycles. The van der Waals surface area contributed by atoms with Crippen molar-refractivity contribution in [2.75, 3.05) is 7.05 Å². The average molecular weight is 275 g/mol. The van der Waals surface area contributed by atoms with Crippen LogP contribution >= 0.6 is 0 Å². The molecule has 1 heterocycles. The fourth-order valence-electron chi connectivity index (χ4n) is 3.36. The zero-order valence-electron chi connectivity index (χ0n) is 13.3. The Morgan fingerprint density at radius 2 is 1.90 bits per heavy atom. The highest BCUT2D eigenvalue weighted by Gasteiger charge is 2.36. The zero-order chi connectivity index (χ0) is 14.8. The molecule has 1 fully saturated rings. The van der Waals surface area contributed by atoms with E-state index in [1.165, 1.54) is 18.4 Å². The summed E-state index contributed by atoms with van der Waals surface area (Å²) in [5, 5.41) is 0. The molecular formula is C17H29N3. The Kier molecular flexibility index (Phi) is 4.82. The maximum absolute atomic E-state index is 6.39. The van der Waals surface area contributed by atoms with Gasteiger partial charge in [-0.2, -0.15) is 0 Å². The summed E-state index contributed by atoms with van der Waals surface area (Å²) in [4.78, 5) is 6.51. The van der Waals surface area contributed by atoms with Gasteiger partial charge in [0.05, 0.1) is 0 Å². The van der Waals surface area contributed by atoms with Gasteiger partial charge >= 0.3 is 0 Å². The second-order valence-corrected chi connectivity index (χ2v) is 7.38. The van der Waals surface area contributed by atoms with E-state index in [1.54, 1.807) is 0 Å². The van der Waals surface area contributed by atoms with Crippen LogP contribution in [-0.4, -0.2) is 29.0 Å². The Bertz CT molecular complexity index is 410. The number of pyridine rings is 1. The molecule has 0 saturated heterocycles. The van der Waals surface area contributed by atoms with Crippen molar-refractivity contribution in [2.24, 2.45) is 17.1 Å². The fourth-order valence-corrected chi connectivity index (χ4v) is 3.36. The summed E-state index contributed by atoms with van der Waals surface area (Å²) < 4.78 is 0. The summed E-state index contributed by atoms with van der Waals surface area (Å²) in [7, 11) is 2.20. The zero-order valence-corrected chi connectivity index (χ0v) is 13.3. The molecule has 20 heavy (non-hydrogen) atoms. The summed E-state index contributed by atoms with van der Waals surface area (Å²) in [6, 6.07) is 4.97. The Morgan fingerprint density at radius 3 is 2.50 bits per heavy atom. The first kappa shape index (κ1) is 15.5. The Morgan fingerprint density at radius 1 is 1.25 bits per heavy atom. The van der Waals surface area contributed by atoms with Gasteiger partial charge in [-0.05, 0) is 55.3 Å². The third kappa shape index (κ3) is 3.80. The molecule has 1 aliphatic rings. The smallest absolute Gasteiger partial charge is 0.0271 e. The van der Waals surface area contributed by atoms with E-state index in [4.69, 9.17) is 5.73 Å². The van der Waals surface area contributed by atoms with Crippen molar-refractivity contribution in [1.29, 1.82) is 0 Å². The van der Waals surface area contributed by atoms with Gasteiger partial charge in [0, 0.05) is 31.0 Å². The van der Waals surface area contributed by atoms with Gasteiger partial charge in [-0.15, -0.1) is 0 Å². The average Bonchev–Trinajstić information content (AvgIpc) is 2.39. The standard InChI is InChI=1S/C17H29N3/c1-17(2,3)14-5-6-15(18)16(11-14)20(4)12-13-7-9-19-10-8-13/h7-10,14-16H,5-6,11-12,18H2,1-4H3. The minimum Gasteiger partial charge on any atom is -0.326 e. The lowest BCUT2D eigenvalue weighted by atomic mass is 9.69. The Labute approximate surface area is 123 Å². The molecule has 3 atom stereocenters. The van der Waals surface area contributed by atoms with E-state index >= 15 is 0 Å². The molecule has 3 unspecified atom stereocenters. The molecule has 1 saturated carbocycles. The van der Waals surface area contributed by atoms with E-state index in [2.05, 4.69) is 49.8 Å². The lowest BCUT2D eigenvalue weighted by Crippen LogP contribution is -2.51. The highest BCUT2D eigenvalue weighted by atomic mass is 15.1. The summed E-state index contributed by atoms with van der Waals surface area (Å²) in [6.07, 6.45) is 7.35. The number of nitrogens with two attached hydrogens (primary N) is 1. The normalized spacial score (nSPS) is 27.8. The number of hydrogen-bond acceptors (Lipinski definition) is 3. The van der Waals surface area contributed by atoms with E-state index < -0.39 is 0 Å². The number of rotatable bonds is 3. The van der Waals surface area contributed by atoms with Crippen molar-refractivity contribution < 1.29 is 0 Å². The third-order valence-electron chi connectivity index (χ3n) is 4.84. The minimum atomic E-state index is 0.306. The van der Waals surface area contributed by atoms with Crippen molar-refractivity contribution >= 4 is 0 Å². The molecule has 2 N–H and O–H groups in total. The molecule has 0 bridgehead atoms. The fraction of sp³-hybridized carbons (Fsp3) is 0.706. The van der Waals surface area contributed by atoms with Crippen molar-refractivity contribution in [3.05, 3.63) is 30.1 Å². The van der Waals surface area contributed by atoms with E-state index in [9.17, 15) is 0 Å². The molecule has 3 nitrogen and oxygen atoms in total. The summed E-state index contributed by atoms with van der Waals surface area (Å²) in [5.74, 6) is 0.771. The molecule has 0 aliphatic heterocycles. The van der Waals surface area contributed by atoms with Crippen LogP contribution < -0.4 is 5.73 Å². The highest BCUT2D eigenvalue weighted by molar-refractivity contribution is 5.10. The maximum Gasteiger partial charge on any atom is 0.0271 e. The molecule has 0 amide bonds. The number of hydrogen-bond donors (Lipinski definition) is 1. The van der Waals surface area contributed by atoms with Crippen LogP contribution in [0.15, 0.2) is 24.5 Å². The van der Waals surface area contributed by atoms with Crippen LogP contribution in [0.4, 0.5) is 0 Å². The van der Waals surface area contributed by atoms with Gasteiger partial charge in [-0.25, -0.2) is 0 Å². The number of nitrogens with zero attached hydrogens (tertiary/aromatic N) is 2. The van der Waals surface area contributed by atoms with Crippen LogP contribution in [0.25, 0.3) is 0 Å². The topological polar surface area (TPSA) is 42.2 Å². The van der Waals surface area contributed by atoms with Gasteiger partial charge in [0.15, 0.2) is 0 Å². The lowest BCUT2D eigenvalue weighted by molar-refractivity contribution is 0.0805. The second-order valence-electron chi connectivity index (χ2n) is 7.38. The van der Waals surface area contributed by atoms with Gasteiger partial charge in [-0.3, -0.25) is 9.88 Å². The van der Waals surface area contributed by atoms with Gasteiger partial charge in [-0.1, -0.05) is 20.8 Å². The van der Waals surface area contributed by atoms with Crippen molar-refractivity contribution in [1.82, 2.24) is 9.88 Å². The Balaban J connectivity index is 2.02. The molecule has 112 valence electrons. The Hall–Kier alpha value is -0.930. The maximum atomic E-state index is 6.39. The van der Waals surface area contributed by atoms with Crippen molar-refractivity contribution in [3.8, 4) is 0 Å². The quantitative estimate of drug-likeness (QED) is 0.922. The van der Waals surface area contributed by atoms with E-state index in [0.717, 1.165) is 18.9 Å². The van der Waals surface area contributed by atoms with Crippen molar-refractivity contribution in [2.45, 2.75) is 58.7 Å². The first-order valence-electron chi connectivity index (χ1n) is 7.72. The number of likely N-dealkylation sites (N-methyl/N-ethyl adjacent to an activating group) is 1. The van der Waals surface area contributed by atoms with E-state index in [0.29, 0.717) is 17.5 Å². The third-order valence-corrected chi connectivity index (χ3v) is 4.84. The van der Waals surface area contributed by atoms with Crippen LogP contribution in [0.3, 0.4) is 0 Å². The van der Waals surface area contributed by atoms with Gasteiger partial charge < -0.3 is 5.73 Å². The van der Waals surface area contributed by atoms with Gasteiger partial charge in [0.2, 0.25) is 0 Å². The van der Waals surface area contributed by atoms with Gasteiger partial charge in [0.25, 0.3) is 0 Å². The predicted molar refractivity (Wildman–Crippen MR) is 84.3 cm³/mol. The van der Waals surface area contributed by atoms with Gasteiger partial charge in [0.1, 0.15) is 0 Å². The SMILES string of the molecule is CN(Cc1ccncc1)C1CC(C(C)(C)C)CCC1N. The summed E-state index contributed by atoms with van der Waals surface area (Å²) in [5.41, 5.74) is 8.08. The van der Waals surface area contributed by atoms with Crippen LogP contribution in [0.5, 0.6) is 0 Å². The molecule has 0 radical (unpaired) electrons. The van der Waals surface area contributed by atoms with Crippen LogP contribution in [0.2, 0.25) is 0 Å². The van der Waals surface area contributed by atoms with Crippen LogP contribution in [0.1, 0.15) is 45.6 Å². The monoisotopic (exact) mass is 275 g/mol. The molecule has 0 spiro atoms. The molecule has 3 heteroatoms.